The first-order chi connectivity index (χ1) is 9.70. The molecule has 1 aliphatic rings. The van der Waals surface area contributed by atoms with Gasteiger partial charge in [-0.15, -0.1) is 0 Å². The molecular weight excluding hydrogens is 295 g/mol. The monoisotopic (exact) mass is 314 g/mol. The van der Waals surface area contributed by atoms with Crippen LogP contribution in [0.5, 0.6) is 0 Å². The Bertz CT molecular complexity index is 658. The molecule has 1 aromatic rings. The minimum atomic E-state index is -3.75. The first-order valence-electron chi connectivity index (χ1n) is 6.78. The molecule has 0 bridgehead atoms. The molecule has 21 heavy (non-hydrogen) atoms. The number of carbonyl (C=O) groups excluding carboxylic acids is 1. The van der Waals surface area contributed by atoms with Gasteiger partial charge in [0.25, 0.3) is 0 Å². The Hall–Kier alpha value is -1.47. The average Bonchev–Trinajstić information content (AvgIpc) is 2.72. The molecule has 116 valence electrons. The quantitative estimate of drug-likeness (QED) is 0.914. The van der Waals surface area contributed by atoms with E-state index < -0.39 is 21.9 Å². The third-order valence-corrected chi connectivity index (χ3v) is 5.06. The van der Waals surface area contributed by atoms with Crippen molar-refractivity contribution in [2.24, 2.45) is 0 Å². The highest BCUT2D eigenvalue weighted by molar-refractivity contribution is 7.89. The summed E-state index contributed by atoms with van der Waals surface area (Å²) in [5, 5.41) is 0. The van der Waals surface area contributed by atoms with Crippen LogP contribution in [0.2, 0.25) is 0 Å². The van der Waals surface area contributed by atoms with Crippen LogP contribution in [-0.4, -0.2) is 37.9 Å². The molecule has 1 N–H and O–H groups in total. The van der Waals surface area contributed by atoms with E-state index in [9.17, 15) is 17.6 Å². The van der Waals surface area contributed by atoms with E-state index in [4.69, 9.17) is 0 Å². The number of sulfonamides is 1. The topological polar surface area (TPSA) is 66.5 Å². The Labute approximate surface area is 124 Å². The van der Waals surface area contributed by atoms with Crippen molar-refractivity contribution < 1.29 is 17.6 Å². The van der Waals surface area contributed by atoms with Crippen LogP contribution in [0.3, 0.4) is 0 Å². The smallest absolute Gasteiger partial charge is 0.240 e. The Morgan fingerprint density at radius 2 is 2.05 bits per heavy atom. The predicted molar refractivity (Wildman–Crippen MR) is 76.7 cm³/mol. The first-order valence-corrected chi connectivity index (χ1v) is 8.27. The fraction of sp³-hybridized carbons (Fsp3) is 0.500. The molecule has 2 rings (SSSR count). The summed E-state index contributed by atoms with van der Waals surface area (Å²) in [6.45, 7) is 5.64. The summed E-state index contributed by atoms with van der Waals surface area (Å²) in [5.74, 6) is -0.510. The van der Waals surface area contributed by atoms with Crippen LogP contribution in [0.4, 0.5) is 4.39 Å². The summed E-state index contributed by atoms with van der Waals surface area (Å²) in [4.78, 5) is 13.4. The number of halogens is 1. The molecule has 0 aromatic heterocycles. The average molecular weight is 314 g/mol. The Morgan fingerprint density at radius 3 is 2.57 bits per heavy atom. The van der Waals surface area contributed by atoms with Crippen molar-refractivity contribution in [3.63, 3.8) is 0 Å². The number of aryl methyl sites for hydroxylation is 1. The van der Waals surface area contributed by atoms with E-state index in [2.05, 4.69) is 4.72 Å². The molecule has 7 heteroatoms. The van der Waals surface area contributed by atoms with Crippen molar-refractivity contribution in [3.8, 4) is 0 Å². The van der Waals surface area contributed by atoms with Crippen molar-refractivity contribution in [3.05, 3.63) is 29.6 Å². The van der Waals surface area contributed by atoms with E-state index >= 15 is 0 Å². The zero-order chi connectivity index (χ0) is 15.8. The lowest BCUT2D eigenvalue weighted by Crippen LogP contribution is -2.38. The van der Waals surface area contributed by atoms with Crippen LogP contribution in [0.25, 0.3) is 0 Å². The molecule has 1 aromatic carbocycles. The van der Waals surface area contributed by atoms with Crippen molar-refractivity contribution >= 4 is 15.9 Å². The van der Waals surface area contributed by atoms with Gasteiger partial charge in [0.15, 0.2) is 0 Å². The van der Waals surface area contributed by atoms with Gasteiger partial charge in [-0.2, -0.15) is 0 Å². The minimum absolute atomic E-state index is 0.0110. The highest BCUT2D eigenvalue weighted by Crippen LogP contribution is 2.18. The maximum atomic E-state index is 13.2. The summed E-state index contributed by atoms with van der Waals surface area (Å²) >= 11 is 0. The number of likely N-dealkylation sites (tertiary alicyclic amines) is 1. The van der Waals surface area contributed by atoms with Crippen LogP contribution in [-0.2, 0) is 14.8 Å². The number of benzene rings is 1. The fourth-order valence-electron chi connectivity index (χ4n) is 2.38. The van der Waals surface area contributed by atoms with Gasteiger partial charge < -0.3 is 4.90 Å². The van der Waals surface area contributed by atoms with Crippen molar-refractivity contribution in [2.45, 2.75) is 44.2 Å². The van der Waals surface area contributed by atoms with Gasteiger partial charge in [0, 0.05) is 25.0 Å². The van der Waals surface area contributed by atoms with Crippen molar-refractivity contribution in [1.29, 1.82) is 0 Å². The molecule has 1 fully saturated rings. The maximum Gasteiger partial charge on any atom is 0.240 e. The predicted octanol–water partition coefficient (Wildman–Crippen LogP) is 1.42. The second-order valence-corrected chi connectivity index (χ2v) is 7.29. The van der Waals surface area contributed by atoms with Crippen LogP contribution >= 0.6 is 0 Å². The molecule has 5 nitrogen and oxygen atoms in total. The summed E-state index contributed by atoms with van der Waals surface area (Å²) in [5.41, 5.74) is 0.268. The van der Waals surface area contributed by atoms with E-state index in [0.717, 1.165) is 6.07 Å². The van der Waals surface area contributed by atoms with Gasteiger partial charge in [0.2, 0.25) is 15.9 Å². The lowest BCUT2D eigenvalue weighted by Gasteiger charge is -2.21. The normalized spacial score (nSPS) is 19.6. The third-order valence-electron chi connectivity index (χ3n) is 3.54. The van der Waals surface area contributed by atoms with Crippen LogP contribution < -0.4 is 4.72 Å². The molecule has 0 radical (unpaired) electrons. The standard InChI is InChI=1S/C14H19FN2O3S/c1-9(2)17-8-11(7-14(17)18)16-21(19,20)12-4-5-13(15)10(3)6-12/h4-6,9,11,16H,7-8H2,1-3H3. The van der Waals surface area contributed by atoms with Gasteiger partial charge in [-0.3, -0.25) is 4.79 Å². The van der Waals surface area contributed by atoms with Gasteiger partial charge >= 0.3 is 0 Å². The molecular formula is C14H19FN2O3S. The number of amides is 1. The number of carbonyl (C=O) groups is 1. The van der Waals surface area contributed by atoms with Gasteiger partial charge in [0.1, 0.15) is 5.82 Å². The minimum Gasteiger partial charge on any atom is -0.339 e. The summed E-state index contributed by atoms with van der Waals surface area (Å²) in [6, 6.07) is 3.23. The lowest BCUT2D eigenvalue weighted by atomic mass is 10.2. The van der Waals surface area contributed by atoms with Crippen LogP contribution in [0.1, 0.15) is 25.8 Å². The van der Waals surface area contributed by atoms with Crippen molar-refractivity contribution in [2.75, 3.05) is 6.54 Å². The maximum absolute atomic E-state index is 13.2. The van der Waals surface area contributed by atoms with E-state index in [1.165, 1.54) is 19.1 Å². The molecule has 1 saturated heterocycles. The second kappa shape index (κ2) is 5.73. The molecule has 1 aliphatic heterocycles. The zero-order valence-electron chi connectivity index (χ0n) is 12.3. The van der Waals surface area contributed by atoms with Gasteiger partial charge in [-0.05, 0) is 44.5 Å². The molecule has 1 atom stereocenters. The number of hydrogen-bond acceptors (Lipinski definition) is 3. The Morgan fingerprint density at radius 1 is 1.38 bits per heavy atom. The summed E-state index contributed by atoms with van der Waals surface area (Å²) in [6.07, 6.45) is 0.150. The number of rotatable bonds is 4. The molecule has 1 heterocycles. The molecule has 1 unspecified atom stereocenters. The summed E-state index contributed by atoms with van der Waals surface area (Å²) in [7, 11) is -3.75. The molecule has 1 amide bonds. The molecule has 0 saturated carbocycles. The fourth-order valence-corrected chi connectivity index (χ4v) is 3.69. The number of hydrogen-bond donors (Lipinski definition) is 1. The highest BCUT2D eigenvalue weighted by Gasteiger charge is 2.33. The third kappa shape index (κ3) is 3.41. The van der Waals surface area contributed by atoms with Crippen molar-refractivity contribution in [1.82, 2.24) is 9.62 Å². The SMILES string of the molecule is Cc1cc(S(=O)(=O)NC2CC(=O)N(C(C)C)C2)ccc1F. The van der Waals surface area contributed by atoms with E-state index in [1.807, 2.05) is 13.8 Å². The van der Waals surface area contributed by atoms with Gasteiger partial charge in [0.05, 0.1) is 4.90 Å². The largest absolute Gasteiger partial charge is 0.339 e. The zero-order valence-corrected chi connectivity index (χ0v) is 13.1. The molecule has 0 spiro atoms. The second-order valence-electron chi connectivity index (χ2n) is 5.57. The van der Waals surface area contributed by atoms with E-state index in [0.29, 0.717) is 6.54 Å². The Kier molecular flexibility index (Phi) is 4.34. The van der Waals surface area contributed by atoms with Crippen LogP contribution in [0.15, 0.2) is 23.1 Å². The number of nitrogens with one attached hydrogen (secondary N) is 1. The van der Waals surface area contributed by atoms with E-state index in [-0.39, 0.29) is 28.8 Å². The van der Waals surface area contributed by atoms with Gasteiger partial charge in [-0.25, -0.2) is 17.5 Å². The lowest BCUT2D eigenvalue weighted by molar-refractivity contribution is -0.129. The summed E-state index contributed by atoms with van der Waals surface area (Å²) < 4.78 is 40.3. The first kappa shape index (κ1) is 15.9. The highest BCUT2D eigenvalue weighted by atomic mass is 32.2. The van der Waals surface area contributed by atoms with Gasteiger partial charge in [-0.1, -0.05) is 0 Å². The number of nitrogens with zero attached hydrogens (tertiary/aromatic N) is 1. The van der Waals surface area contributed by atoms with E-state index in [1.54, 1.807) is 4.90 Å². The van der Waals surface area contributed by atoms with Crippen LogP contribution in [0, 0.1) is 12.7 Å². The Balaban J connectivity index is 2.15. The molecule has 0 aliphatic carbocycles.